The molecule has 2 N–H and O–H groups in total. The van der Waals surface area contributed by atoms with Crippen molar-refractivity contribution in [3.63, 3.8) is 0 Å². The predicted octanol–water partition coefficient (Wildman–Crippen LogP) is 2.49. The van der Waals surface area contributed by atoms with Crippen LogP contribution < -0.4 is 15.6 Å². The van der Waals surface area contributed by atoms with E-state index in [-0.39, 0.29) is 17.8 Å². The predicted molar refractivity (Wildman–Crippen MR) is 83.7 cm³/mol. The molecule has 0 unspecified atom stereocenters. The molecule has 0 bridgehead atoms. The van der Waals surface area contributed by atoms with E-state index in [1.807, 2.05) is 0 Å². The fraction of sp³-hybridized carbons (Fsp3) is 0.125. The summed E-state index contributed by atoms with van der Waals surface area (Å²) in [5.41, 5.74) is 5.38. The third-order valence-corrected chi connectivity index (χ3v) is 3.23. The van der Waals surface area contributed by atoms with Crippen molar-refractivity contribution in [2.24, 2.45) is 0 Å². The lowest BCUT2D eigenvalue weighted by Gasteiger charge is -2.10. The van der Waals surface area contributed by atoms with Gasteiger partial charge in [-0.3, -0.25) is 20.4 Å². The van der Waals surface area contributed by atoms with Gasteiger partial charge in [-0.05, 0) is 35.9 Å². The van der Waals surface area contributed by atoms with Crippen molar-refractivity contribution in [3.05, 3.63) is 64.4 Å². The fourth-order valence-electron chi connectivity index (χ4n) is 1.88. The summed E-state index contributed by atoms with van der Waals surface area (Å²) in [6, 6.07) is 10.1. The van der Waals surface area contributed by atoms with Crippen LogP contribution in [0.25, 0.3) is 0 Å². The van der Waals surface area contributed by atoms with E-state index in [2.05, 4.69) is 10.9 Å². The van der Waals surface area contributed by atoms with Gasteiger partial charge in [0.25, 0.3) is 5.91 Å². The topological polar surface area (TPSA) is 67.4 Å². The highest BCUT2D eigenvalue weighted by Gasteiger charge is 2.13. The number of carbonyl (C=O) groups excluding carboxylic acids is 2. The number of hydrogen-bond acceptors (Lipinski definition) is 3. The second-order valence-electron chi connectivity index (χ2n) is 4.65. The number of hydrogen-bond donors (Lipinski definition) is 2. The minimum absolute atomic E-state index is 0.00718. The number of carbonyl (C=O) groups is 2. The van der Waals surface area contributed by atoms with Crippen LogP contribution in [0.2, 0.25) is 5.02 Å². The zero-order valence-corrected chi connectivity index (χ0v) is 13.0. The molecule has 0 heterocycles. The van der Waals surface area contributed by atoms with Crippen LogP contribution >= 0.6 is 11.6 Å². The molecule has 0 aromatic heterocycles. The first-order valence-corrected chi connectivity index (χ1v) is 7.04. The molecule has 7 heteroatoms. The molecule has 2 aromatic carbocycles. The zero-order chi connectivity index (χ0) is 16.8. The number of ether oxygens (including phenoxy) is 1. The summed E-state index contributed by atoms with van der Waals surface area (Å²) in [6.45, 7) is 0. The summed E-state index contributed by atoms with van der Waals surface area (Å²) >= 11 is 5.85. The van der Waals surface area contributed by atoms with Gasteiger partial charge in [-0.2, -0.15) is 0 Å². The van der Waals surface area contributed by atoms with E-state index in [1.165, 1.54) is 37.4 Å². The molecule has 0 aliphatic carbocycles. The maximum atomic E-state index is 12.8. The lowest BCUT2D eigenvalue weighted by atomic mass is 10.1. The Balaban J connectivity index is 1.95. The molecule has 5 nitrogen and oxygen atoms in total. The maximum Gasteiger partial charge on any atom is 0.273 e. The average molecular weight is 337 g/mol. The van der Waals surface area contributed by atoms with Gasteiger partial charge >= 0.3 is 0 Å². The van der Waals surface area contributed by atoms with E-state index in [0.29, 0.717) is 16.3 Å². The van der Waals surface area contributed by atoms with Gasteiger partial charge in [0.05, 0.1) is 19.1 Å². The van der Waals surface area contributed by atoms with Crippen LogP contribution in [0.3, 0.4) is 0 Å². The average Bonchev–Trinajstić information content (AvgIpc) is 2.54. The normalized spacial score (nSPS) is 10.0. The third-order valence-electron chi connectivity index (χ3n) is 3.00. The zero-order valence-electron chi connectivity index (χ0n) is 12.2. The van der Waals surface area contributed by atoms with Crippen molar-refractivity contribution < 1.29 is 18.7 Å². The van der Waals surface area contributed by atoms with Crippen LogP contribution in [0.1, 0.15) is 15.9 Å². The Labute approximate surface area is 137 Å². The molecule has 2 rings (SSSR count). The standard InChI is InChI=1S/C16H14ClFN2O3/c1-23-14-7-4-11(17)9-13(14)16(22)20-19-15(21)8-10-2-5-12(18)6-3-10/h2-7,9H,8H2,1H3,(H,19,21)(H,20,22). The molecule has 2 amide bonds. The first-order valence-electron chi connectivity index (χ1n) is 6.67. The number of hydrazine groups is 1. The van der Waals surface area contributed by atoms with Crippen molar-refractivity contribution >= 4 is 23.4 Å². The third kappa shape index (κ3) is 4.69. The first kappa shape index (κ1) is 16.8. The Morgan fingerprint density at radius 1 is 1.13 bits per heavy atom. The molecule has 120 valence electrons. The van der Waals surface area contributed by atoms with Gasteiger partial charge in [-0.25, -0.2) is 4.39 Å². The summed E-state index contributed by atoms with van der Waals surface area (Å²) in [5.74, 6) is -1.04. The summed E-state index contributed by atoms with van der Waals surface area (Å²) in [5, 5.41) is 0.369. The van der Waals surface area contributed by atoms with Crippen LogP contribution in [0, 0.1) is 5.82 Å². The summed E-state index contributed by atoms with van der Waals surface area (Å²) in [4.78, 5) is 23.8. The molecular weight excluding hydrogens is 323 g/mol. The number of benzene rings is 2. The van der Waals surface area contributed by atoms with Crippen LogP contribution in [-0.4, -0.2) is 18.9 Å². The molecule has 0 aliphatic heterocycles. The minimum Gasteiger partial charge on any atom is -0.496 e. The van der Waals surface area contributed by atoms with Crippen LogP contribution in [0.4, 0.5) is 4.39 Å². The number of halogens is 2. The van der Waals surface area contributed by atoms with Gasteiger partial charge in [0.15, 0.2) is 0 Å². The number of methoxy groups -OCH3 is 1. The minimum atomic E-state index is -0.559. The molecule has 0 saturated carbocycles. The molecule has 2 aromatic rings. The van der Waals surface area contributed by atoms with Gasteiger partial charge in [0, 0.05) is 5.02 Å². The smallest absolute Gasteiger partial charge is 0.273 e. The highest BCUT2D eigenvalue weighted by molar-refractivity contribution is 6.31. The van der Waals surface area contributed by atoms with Gasteiger partial charge in [0.1, 0.15) is 11.6 Å². The monoisotopic (exact) mass is 336 g/mol. The van der Waals surface area contributed by atoms with Crippen molar-refractivity contribution in [3.8, 4) is 5.75 Å². The van der Waals surface area contributed by atoms with Crippen LogP contribution in [0.5, 0.6) is 5.75 Å². The Hall–Kier alpha value is -2.60. The van der Waals surface area contributed by atoms with E-state index < -0.39 is 11.8 Å². The second-order valence-corrected chi connectivity index (χ2v) is 5.09. The molecule has 0 fully saturated rings. The lowest BCUT2D eigenvalue weighted by Crippen LogP contribution is -2.42. The van der Waals surface area contributed by atoms with E-state index in [1.54, 1.807) is 12.1 Å². The highest BCUT2D eigenvalue weighted by atomic mass is 35.5. The van der Waals surface area contributed by atoms with Crippen LogP contribution in [-0.2, 0) is 11.2 Å². The van der Waals surface area contributed by atoms with E-state index in [4.69, 9.17) is 16.3 Å². The Kier molecular flexibility index (Phi) is 5.54. The maximum absolute atomic E-state index is 12.8. The molecule has 23 heavy (non-hydrogen) atoms. The van der Waals surface area contributed by atoms with Crippen molar-refractivity contribution in [1.29, 1.82) is 0 Å². The van der Waals surface area contributed by atoms with Gasteiger partial charge in [-0.1, -0.05) is 23.7 Å². The Morgan fingerprint density at radius 3 is 2.48 bits per heavy atom. The first-order chi connectivity index (χ1) is 11.0. The largest absolute Gasteiger partial charge is 0.496 e. The molecule has 0 spiro atoms. The Morgan fingerprint density at radius 2 is 1.83 bits per heavy atom. The SMILES string of the molecule is COc1ccc(Cl)cc1C(=O)NNC(=O)Cc1ccc(F)cc1. The van der Waals surface area contributed by atoms with Gasteiger partial charge in [-0.15, -0.1) is 0 Å². The molecule has 0 radical (unpaired) electrons. The van der Waals surface area contributed by atoms with E-state index >= 15 is 0 Å². The quantitative estimate of drug-likeness (QED) is 0.843. The lowest BCUT2D eigenvalue weighted by molar-refractivity contribution is -0.121. The molecular formula is C16H14ClFN2O3. The van der Waals surface area contributed by atoms with E-state index in [9.17, 15) is 14.0 Å². The fourth-order valence-corrected chi connectivity index (χ4v) is 2.06. The van der Waals surface area contributed by atoms with E-state index in [0.717, 1.165) is 0 Å². The number of amides is 2. The number of rotatable bonds is 4. The summed E-state index contributed by atoms with van der Waals surface area (Å²) < 4.78 is 17.9. The van der Waals surface area contributed by atoms with Crippen molar-refractivity contribution in [2.75, 3.05) is 7.11 Å². The summed E-state index contributed by atoms with van der Waals surface area (Å²) in [7, 11) is 1.42. The summed E-state index contributed by atoms with van der Waals surface area (Å²) in [6.07, 6.45) is 0.00718. The Bertz CT molecular complexity index is 720. The van der Waals surface area contributed by atoms with Gasteiger partial charge < -0.3 is 4.74 Å². The van der Waals surface area contributed by atoms with Gasteiger partial charge in [0.2, 0.25) is 5.91 Å². The second kappa shape index (κ2) is 7.60. The van der Waals surface area contributed by atoms with Crippen molar-refractivity contribution in [1.82, 2.24) is 10.9 Å². The molecule has 0 atom stereocenters. The van der Waals surface area contributed by atoms with Crippen LogP contribution in [0.15, 0.2) is 42.5 Å². The molecule has 0 aliphatic rings. The van der Waals surface area contributed by atoms with Crippen molar-refractivity contribution in [2.45, 2.75) is 6.42 Å². The highest BCUT2D eigenvalue weighted by Crippen LogP contribution is 2.22. The number of nitrogens with one attached hydrogen (secondary N) is 2. The molecule has 0 saturated heterocycles.